The molecule has 3 aromatic rings. The van der Waals surface area contributed by atoms with Gasteiger partial charge in [0, 0.05) is 23.3 Å². The van der Waals surface area contributed by atoms with Crippen molar-refractivity contribution in [2.24, 2.45) is 5.73 Å². The Morgan fingerprint density at radius 1 is 1.05 bits per heavy atom. The maximum Gasteiger partial charge on any atom is 0.227 e. The fourth-order valence-corrected chi connectivity index (χ4v) is 2.16. The smallest absolute Gasteiger partial charge is 0.227 e. The molecule has 0 fully saturated rings. The number of nitrogens with one attached hydrogen (secondary N) is 1. The third-order valence-electron chi connectivity index (χ3n) is 3.19. The number of fused-ring (bicyclic) bond motifs is 1. The molecule has 0 spiro atoms. The molecule has 0 saturated heterocycles. The van der Waals surface area contributed by atoms with Gasteiger partial charge in [-0.05, 0) is 24.6 Å². The zero-order valence-electron chi connectivity index (χ0n) is 11.2. The average molecular weight is 264 g/mol. The SMILES string of the molecule is CC(N)c1ccccc1Nc1ncc2ccccc2n1. The first-order valence-corrected chi connectivity index (χ1v) is 6.57. The number of benzene rings is 2. The van der Waals surface area contributed by atoms with Gasteiger partial charge >= 0.3 is 0 Å². The Labute approximate surface area is 117 Å². The first-order chi connectivity index (χ1) is 9.74. The van der Waals surface area contributed by atoms with Gasteiger partial charge in [-0.25, -0.2) is 9.97 Å². The zero-order chi connectivity index (χ0) is 13.9. The second kappa shape index (κ2) is 5.27. The molecule has 0 amide bonds. The van der Waals surface area contributed by atoms with Gasteiger partial charge < -0.3 is 11.1 Å². The van der Waals surface area contributed by atoms with Gasteiger partial charge in [-0.2, -0.15) is 0 Å². The molecule has 0 aliphatic heterocycles. The number of anilines is 2. The van der Waals surface area contributed by atoms with Crippen molar-refractivity contribution >= 4 is 22.5 Å². The van der Waals surface area contributed by atoms with E-state index in [1.54, 1.807) is 0 Å². The lowest BCUT2D eigenvalue weighted by Gasteiger charge is -2.13. The van der Waals surface area contributed by atoms with Gasteiger partial charge in [0.15, 0.2) is 0 Å². The van der Waals surface area contributed by atoms with E-state index in [9.17, 15) is 0 Å². The fraction of sp³-hybridized carbons (Fsp3) is 0.125. The topological polar surface area (TPSA) is 63.8 Å². The Bertz CT molecular complexity index is 737. The van der Waals surface area contributed by atoms with Crippen LogP contribution in [0.25, 0.3) is 10.9 Å². The van der Waals surface area contributed by atoms with Crippen LogP contribution in [0.1, 0.15) is 18.5 Å². The van der Waals surface area contributed by atoms with Crippen molar-refractivity contribution < 1.29 is 0 Å². The molecule has 20 heavy (non-hydrogen) atoms. The minimum absolute atomic E-state index is 0.0424. The minimum Gasteiger partial charge on any atom is -0.324 e. The number of aromatic nitrogens is 2. The van der Waals surface area contributed by atoms with Crippen LogP contribution in [0.15, 0.2) is 54.7 Å². The summed E-state index contributed by atoms with van der Waals surface area (Å²) in [6, 6.07) is 15.8. The van der Waals surface area contributed by atoms with E-state index >= 15 is 0 Å². The highest BCUT2D eigenvalue weighted by atomic mass is 15.1. The molecule has 4 heteroatoms. The number of hydrogen-bond acceptors (Lipinski definition) is 4. The van der Waals surface area contributed by atoms with Crippen LogP contribution in [0, 0.1) is 0 Å². The van der Waals surface area contributed by atoms with Gasteiger partial charge in [-0.3, -0.25) is 0 Å². The molecule has 3 rings (SSSR count). The molecule has 2 aromatic carbocycles. The largest absolute Gasteiger partial charge is 0.324 e. The predicted octanol–water partition coefficient (Wildman–Crippen LogP) is 3.39. The molecule has 0 radical (unpaired) electrons. The van der Waals surface area contributed by atoms with Gasteiger partial charge in [-0.15, -0.1) is 0 Å². The van der Waals surface area contributed by atoms with E-state index in [1.165, 1.54) is 0 Å². The maximum absolute atomic E-state index is 5.98. The zero-order valence-corrected chi connectivity index (χ0v) is 11.2. The maximum atomic E-state index is 5.98. The molecule has 1 aromatic heterocycles. The summed E-state index contributed by atoms with van der Waals surface area (Å²) in [4.78, 5) is 8.85. The molecule has 1 atom stereocenters. The molecule has 0 aliphatic rings. The van der Waals surface area contributed by atoms with Crippen molar-refractivity contribution in [3.05, 3.63) is 60.3 Å². The van der Waals surface area contributed by atoms with Gasteiger partial charge in [0.2, 0.25) is 5.95 Å². The third-order valence-corrected chi connectivity index (χ3v) is 3.19. The summed E-state index contributed by atoms with van der Waals surface area (Å²) in [6.45, 7) is 1.96. The normalized spacial score (nSPS) is 12.3. The third kappa shape index (κ3) is 2.46. The van der Waals surface area contributed by atoms with Crippen LogP contribution < -0.4 is 11.1 Å². The number of rotatable bonds is 3. The van der Waals surface area contributed by atoms with Gasteiger partial charge in [0.1, 0.15) is 0 Å². The van der Waals surface area contributed by atoms with Crippen molar-refractivity contribution in [2.75, 3.05) is 5.32 Å². The predicted molar refractivity (Wildman–Crippen MR) is 81.9 cm³/mol. The monoisotopic (exact) mass is 264 g/mol. The Hall–Kier alpha value is -2.46. The van der Waals surface area contributed by atoms with E-state index in [4.69, 9.17) is 5.73 Å². The van der Waals surface area contributed by atoms with E-state index in [1.807, 2.05) is 61.7 Å². The standard InChI is InChI=1S/C16H16N4/c1-11(17)13-7-3-5-9-15(13)20-16-18-10-12-6-2-4-8-14(12)19-16/h2-11H,17H2,1H3,(H,18,19,20). The Balaban J connectivity index is 1.97. The lowest BCUT2D eigenvalue weighted by atomic mass is 10.1. The molecule has 0 bridgehead atoms. The first kappa shape index (κ1) is 12.6. The second-order valence-electron chi connectivity index (χ2n) is 4.75. The quantitative estimate of drug-likeness (QED) is 0.761. The van der Waals surface area contributed by atoms with E-state index in [0.29, 0.717) is 5.95 Å². The van der Waals surface area contributed by atoms with Crippen LogP contribution >= 0.6 is 0 Å². The molecular weight excluding hydrogens is 248 g/mol. The van der Waals surface area contributed by atoms with E-state index in [2.05, 4.69) is 15.3 Å². The molecule has 100 valence electrons. The van der Waals surface area contributed by atoms with E-state index < -0.39 is 0 Å². The van der Waals surface area contributed by atoms with Crippen molar-refractivity contribution in [3.63, 3.8) is 0 Å². The van der Waals surface area contributed by atoms with E-state index in [0.717, 1.165) is 22.2 Å². The first-order valence-electron chi connectivity index (χ1n) is 6.57. The highest BCUT2D eigenvalue weighted by molar-refractivity contribution is 5.79. The lowest BCUT2D eigenvalue weighted by molar-refractivity contribution is 0.820. The average Bonchev–Trinajstić information content (AvgIpc) is 2.47. The summed E-state index contributed by atoms with van der Waals surface area (Å²) in [7, 11) is 0. The Morgan fingerprint density at radius 3 is 2.65 bits per heavy atom. The number of para-hydroxylation sites is 2. The minimum atomic E-state index is -0.0424. The fourth-order valence-electron chi connectivity index (χ4n) is 2.16. The highest BCUT2D eigenvalue weighted by Crippen LogP contribution is 2.23. The summed E-state index contributed by atoms with van der Waals surface area (Å²) in [5.41, 5.74) is 8.89. The number of nitrogens with zero attached hydrogens (tertiary/aromatic N) is 2. The molecule has 4 nitrogen and oxygen atoms in total. The molecule has 0 aliphatic carbocycles. The summed E-state index contributed by atoms with van der Waals surface area (Å²) in [6.07, 6.45) is 1.82. The summed E-state index contributed by atoms with van der Waals surface area (Å²) >= 11 is 0. The molecule has 0 saturated carbocycles. The molecule has 3 N–H and O–H groups in total. The summed E-state index contributed by atoms with van der Waals surface area (Å²) in [5, 5.41) is 4.27. The lowest BCUT2D eigenvalue weighted by Crippen LogP contribution is -2.08. The summed E-state index contributed by atoms with van der Waals surface area (Å²) in [5.74, 6) is 0.580. The Morgan fingerprint density at radius 2 is 1.80 bits per heavy atom. The van der Waals surface area contributed by atoms with Crippen LogP contribution in [0.2, 0.25) is 0 Å². The van der Waals surface area contributed by atoms with Crippen molar-refractivity contribution in [3.8, 4) is 0 Å². The molecule has 1 heterocycles. The van der Waals surface area contributed by atoms with Gasteiger partial charge in [-0.1, -0.05) is 36.4 Å². The van der Waals surface area contributed by atoms with Crippen LogP contribution in [0.3, 0.4) is 0 Å². The van der Waals surface area contributed by atoms with Crippen molar-refractivity contribution in [2.45, 2.75) is 13.0 Å². The molecule has 1 unspecified atom stereocenters. The van der Waals surface area contributed by atoms with Crippen LogP contribution in [-0.4, -0.2) is 9.97 Å². The van der Waals surface area contributed by atoms with E-state index in [-0.39, 0.29) is 6.04 Å². The Kier molecular flexibility index (Phi) is 3.31. The number of nitrogens with two attached hydrogens (primary N) is 1. The van der Waals surface area contributed by atoms with Crippen molar-refractivity contribution in [1.29, 1.82) is 0 Å². The van der Waals surface area contributed by atoms with Crippen molar-refractivity contribution in [1.82, 2.24) is 9.97 Å². The number of hydrogen-bond donors (Lipinski definition) is 2. The van der Waals surface area contributed by atoms with Crippen LogP contribution in [0.5, 0.6) is 0 Å². The summed E-state index contributed by atoms with van der Waals surface area (Å²) < 4.78 is 0. The molecular formula is C16H16N4. The van der Waals surface area contributed by atoms with Gasteiger partial charge in [0.05, 0.1) is 5.52 Å². The van der Waals surface area contributed by atoms with Crippen LogP contribution in [0.4, 0.5) is 11.6 Å². The van der Waals surface area contributed by atoms with Gasteiger partial charge in [0.25, 0.3) is 0 Å². The second-order valence-corrected chi connectivity index (χ2v) is 4.75. The van der Waals surface area contributed by atoms with Crippen LogP contribution in [-0.2, 0) is 0 Å². The highest BCUT2D eigenvalue weighted by Gasteiger charge is 2.07.